The van der Waals surface area contributed by atoms with Gasteiger partial charge in [-0.05, 0) is 17.8 Å². The number of rotatable bonds is 1. The molecule has 0 aliphatic carbocycles. The minimum atomic E-state index is 0.250. The summed E-state index contributed by atoms with van der Waals surface area (Å²) in [4.78, 5) is 16.2. The SMILES string of the molecule is CC(C)CC(C)(C)C.O=C=O. The van der Waals surface area contributed by atoms with Gasteiger partial charge in [-0.3, -0.25) is 0 Å². The van der Waals surface area contributed by atoms with E-state index >= 15 is 0 Å². The summed E-state index contributed by atoms with van der Waals surface area (Å²) in [6.07, 6.45) is 1.58. The Morgan fingerprint density at radius 3 is 1.45 bits per heavy atom. The maximum Gasteiger partial charge on any atom is 0.373 e. The minimum absolute atomic E-state index is 0.250. The summed E-state index contributed by atoms with van der Waals surface area (Å²) in [5.74, 6) is 0.843. The van der Waals surface area contributed by atoms with Gasteiger partial charge in [-0.1, -0.05) is 34.6 Å². The van der Waals surface area contributed by atoms with Crippen molar-refractivity contribution in [2.75, 3.05) is 0 Å². The maximum atomic E-state index is 8.12. The van der Waals surface area contributed by atoms with Crippen molar-refractivity contribution >= 4 is 6.15 Å². The molecule has 0 aromatic carbocycles. The Hall–Kier alpha value is -0.620. The monoisotopic (exact) mass is 158 g/mol. The quantitative estimate of drug-likeness (QED) is 0.587. The molecule has 0 atom stereocenters. The molecule has 2 heteroatoms. The normalized spacial score (nSPS) is 10.0. The number of carbonyl (C=O) groups excluding carboxylic acids is 2. The zero-order valence-corrected chi connectivity index (χ0v) is 8.10. The van der Waals surface area contributed by atoms with Crippen LogP contribution in [0.4, 0.5) is 0 Å². The molecule has 0 aliphatic rings. The highest BCUT2D eigenvalue weighted by molar-refractivity contribution is 5.20. The summed E-state index contributed by atoms with van der Waals surface area (Å²) in [6, 6.07) is 0. The van der Waals surface area contributed by atoms with E-state index < -0.39 is 0 Å². The summed E-state index contributed by atoms with van der Waals surface area (Å²) in [6.45, 7) is 11.4. The topological polar surface area (TPSA) is 34.1 Å². The van der Waals surface area contributed by atoms with E-state index in [1.165, 1.54) is 6.42 Å². The van der Waals surface area contributed by atoms with E-state index in [0.29, 0.717) is 5.41 Å². The molecule has 0 spiro atoms. The lowest BCUT2D eigenvalue weighted by Gasteiger charge is -2.19. The van der Waals surface area contributed by atoms with Crippen LogP contribution >= 0.6 is 0 Å². The fourth-order valence-corrected chi connectivity index (χ4v) is 1.22. The molecule has 66 valence electrons. The lowest BCUT2D eigenvalue weighted by atomic mass is 9.86. The van der Waals surface area contributed by atoms with Gasteiger partial charge in [-0.2, -0.15) is 9.59 Å². The van der Waals surface area contributed by atoms with Gasteiger partial charge in [0, 0.05) is 0 Å². The molecule has 0 fully saturated rings. The zero-order valence-electron chi connectivity index (χ0n) is 8.10. The van der Waals surface area contributed by atoms with Crippen LogP contribution in [0, 0.1) is 11.3 Å². The molecule has 0 aromatic rings. The average molecular weight is 158 g/mol. The molecule has 0 rings (SSSR count). The van der Waals surface area contributed by atoms with Gasteiger partial charge >= 0.3 is 6.15 Å². The molecule has 0 saturated carbocycles. The van der Waals surface area contributed by atoms with Crippen LogP contribution in [0.15, 0.2) is 0 Å². The van der Waals surface area contributed by atoms with Crippen LogP contribution in [0.3, 0.4) is 0 Å². The third-order valence-electron chi connectivity index (χ3n) is 1.02. The van der Waals surface area contributed by atoms with Gasteiger partial charge in [0.05, 0.1) is 0 Å². The van der Waals surface area contributed by atoms with E-state index in [0.717, 1.165) is 5.92 Å². The smallest absolute Gasteiger partial charge is 0.186 e. The molecule has 11 heavy (non-hydrogen) atoms. The van der Waals surface area contributed by atoms with Crippen LogP contribution in [0.2, 0.25) is 0 Å². The van der Waals surface area contributed by atoms with Gasteiger partial charge in [0.15, 0.2) is 0 Å². The Balaban J connectivity index is 0. The summed E-state index contributed by atoms with van der Waals surface area (Å²) in [5, 5.41) is 0. The number of hydrogen-bond acceptors (Lipinski definition) is 2. The third kappa shape index (κ3) is 26.6. The molecule has 0 saturated heterocycles. The highest BCUT2D eigenvalue weighted by Gasteiger charge is 2.11. The largest absolute Gasteiger partial charge is 0.373 e. The molecule has 0 radical (unpaired) electrons. The van der Waals surface area contributed by atoms with E-state index in [1.807, 2.05) is 0 Å². The van der Waals surface area contributed by atoms with Crippen molar-refractivity contribution in [1.29, 1.82) is 0 Å². The van der Waals surface area contributed by atoms with E-state index in [2.05, 4.69) is 34.6 Å². The molecule has 0 N–H and O–H groups in total. The molecule has 0 aliphatic heterocycles. The van der Waals surface area contributed by atoms with Gasteiger partial charge in [0.2, 0.25) is 0 Å². The van der Waals surface area contributed by atoms with Crippen LogP contribution in [0.25, 0.3) is 0 Å². The molecular weight excluding hydrogens is 140 g/mol. The molecule has 0 amide bonds. The van der Waals surface area contributed by atoms with Gasteiger partial charge in [0.25, 0.3) is 0 Å². The fraction of sp³-hybridized carbons (Fsp3) is 0.889. The third-order valence-corrected chi connectivity index (χ3v) is 1.02. The molecule has 0 aromatic heterocycles. The molecule has 2 nitrogen and oxygen atoms in total. The maximum absolute atomic E-state index is 8.12. The summed E-state index contributed by atoms with van der Waals surface area (Å²) >= 11 is 0. The predicted molar refractivity (Wildman–Crippen MR) is 43.9 cm³/mol. The van der Waals surface area contributed by atoms with Crippen molar-refractivity contribution in [1.82, 2.24) is 0 Å². The molecule has 0 heterocycles. The van der Waals surface area contributed by atoms with Crippen LogP contribution in [0.5, 0.6) is 0 Å². The van der Waals surface area contributed by atoms with Crippen molar-refractivity contribution in [3.8, 4) is 0 Å². The molecule has 0 unspecified atom stereocenters. The van der Waals surface area contributed by atoms with Crippen LogP contribution < -0.4 is 0 Å². The Morgan fingerprint density at radius 2 is 1.45 bits per heavy atom. The van der Waals surface area contributed by atoms with Crippen molar-refractivity contribution < 1.29 is 9.59 Å². The Morgan fingerprint density at radius 1 is 1.18 bits per heavy atom. The molecular formula is C9H18O2. The van der Waals surface area contributed by atoms with Crippen LogP contribution in [-0.2, 0) is 9.59 Å². The first-order valence-electron chi connectivity index (χ1n) is 3.82. The van der Waals surface area contributed by atoms with E-state index in [-0.39, 0.29) is 6.15 Å². The standard InChI is InChI=1S/C8H18.CO2/c1-7(2)6-8(3,4)5;2-1-3/h7H,6H2,1-5H3;. The first kappa shape index (κ1) is 13.0. The second kappa shape index (κ2) is 6.11. The van der Waals surface area contributed by atoms with Gasteiger partial charge < -0.3 is 0 Å². The Bertz CT molecular complexity index is 114. The average Bonchev–Trinajstić information content (AvgIpc) is 1.57. The Labute approximate surface area is 69.0 Å². The summed E-state index contributed by atoms with van der Waals surface area (Å²) < 4.78 is 0. The minimum Gasteiger partial charge on any atom is -0.186 e. The zero-order chi connectivity index (χ0) is 9.49. The van der Waals surface area contributed by atoms with Crippen molar-refractivity contribution in [3.05, 3.63) is 0 Å². The second-order valence-corrected chi connectivity index (χ2v) is 4.24. The molecule has 0 bridgehead atoms. The van der Waals surface area contributed by atoms with Crippen LogP contribution in [-0.4, -0.2) is 6.15 Å². The van der Waals surface area contributed by atoms with E-state index in [4.69, 9.17) is 9.59 Å². The Kier molecular flexibility index (Phi) is 7.23. The first-order chi connectivity index (χ1) is 4.83. The highest BCUT2D eigenvalue weighted by atomic mass is 16.2. The highest BCUT2D eigenvalue weighted by Crippen LogP contribution is 2.23. The second-order valence-electron chi connectivity index (χ2n) is 4.24. The van der Waals surface area contributed by atoms with Crippen molar-refractivity contribution in [2.45, 2.75) is 41.0 Å². The van der Waals surface area contributed by atoms with Crippen molar-refractivity contribution in [2.24, 2.45) is 11.3 Å². The van der Waals surface area contributed by atoms with Crippen molar-refractivity contribution in [3.63, 3.8) is 0 Å². The lowest BCUT2D eigenvalue weighted by Crippen LogP contribution is -2.08. The lowest BCUT2D eigenvalue weighted by molar-refractivity contribution is -0.191. The van der Waals surface area contributed by atoms with Crippen LogP contribution in [0.1, 0.15) is 41.0 Å². The van der Waals surface area contributed by atoms with E-state index in [1.54, 1.807) is 0 Å². The van der Waals surface area contributed by atoms with Gasteiger partial charge in [-0.15, -0.1) is 0 Å². The van der Waals surface area contributed by atoms with Gasteiger partial charge in [-0.25, -0.2) is 0 Å². The van der Waals surface area contributed by atoms with E-state index in [9.17, 15) is 0 Å². The predicted octanol–water partition coefficient (Wildman–Crippen LogP) is 2.50. The summed E-state index contributed by atoms with van der Waals surface area (Å²) in [5.41, 5.74) is 0.522. The summed E-state index contributed by atoms with van der Waals surface area (Å²) in [7, 11) is 0. The fourth-order valence-electron chi connectivity index (χ4n) is 1.22. The number of hydrogen-bond donors (Lipinski definition) is 0. The first-order valence-corrected chi connectivity index (χ1v) is 3.82. The van der Waals surface area contributed by atoms with Gasteiger partial charge in [0.1, 0.15) is 0 Å².